The van der Waals surface area contributed by atoms with Crippen molar-refractivity contribution in [2.45, 2.75) is 32.6 Å². The maximum Gasteiger partial charge on any atom is 0.358 e. The number of carboxylic acids is 1. The number of aromatic nitrogens is 4. The quantitative estimate of drug-likeness (QED) is 0.391. The first-order valence-electron chi connectivity index (χ1n) is 11.2. The maximum atomic E-state index is 13.3. The third-order valence-corrected chi connectivity index (χ3v) is 6.60. The maximum absolute atomic E-state index is 13.3. The number of fused-ring (bicyclic) bond motifs is 3. The van der Waals surface area contributed by atoms with Gasteiger partial charge in [0, 0.05) is 26.7 Å². The predicted molar refractivity (Wildman–Crippen MR) is 131 cm³/mol. The second-order valence-electron chi connectivity index (χ2n) is 8.99. The highest BCUT2D eigenvalue weighted by atomic mass is 35.5. The number of carboxylic acid groups (broad SMARTS) is 1. The molecule has 1 saturated heterocycles. The van der Waals surface area contributed by atoms with Crippen LogP contribution in [-0.4, -0.2) is 54.2 Å². The standard InChI is InChI=1S/C24H24ClFN6O3/c1-12-6-15(13(2)28-17-4-5-19(25)29-18(17)10-31-8-14(26)9-31)21-16(7-12)23(33)30(3)22-20(24(34)35)27-11-32(21)22/h4-7,11,13-14,28H,8-10H2,1-3H3,(H,34,35). The Bertz CT molecular complexity index is 1540. The van der Waals surface area contributed by atoms with Gasteiger partial charge in [0.15, 0.2) is 11.3 Å². The fourth-order valence-electron chi connectivity index (χ4n) is 4.71. The minimum absolute atomic E-state index is 0.191. The van der Waals surface area contributed by atoms with E-state index in [1.165, 1.54) is 10.9 Å². The van der Waals surface area contributed by atoms with Gasteiger partial charge in [-0.15, -0.1) is 0 Å². The molecule has 9 nitrogen and oxygen atoms in total. The number of aryl methyl sites for hydroxylation is 2. The molecule has 0 spiro atoms. The van der Waals surface area contributed by atoms with Crippen LogP contribution in [0, 0.1) is 6.92 Å². The SMILES string of the molecule is Cc1cc(C(C)Nc2ccc(Cl)nc2CN2CC(F)C2)c2c(c1)c(=O)n(C)c1c(C(=O)O)ncn21. The normalized spacial score (nSPS) is 15.5. The Morgan fingerprint density at radius 1 is 1.34 bits per heavy atom. The zero-order valence-electron chi connectivity index (χ0n) is 19.4. The molecule has 4 heterocycles. The first-order chi connectivity index (χ1) is 16.6. The van der Waals surface area contributed by atoms with E-state index in [0.29, 0.717) is 41.4 Å². The molecule has 1 aliphatic rings. The number of benzene rings is 1. The Labute approximate surface area is 204 Å². The number of anilines is 1. The van der Waals surface area contributed by atoms with E-state index in [4.69, 9.17) is 11.6 Å². The van der Waals surface area contributed by atoms with Crippen molar-refractivity contribution in [2.75, 3.05) is 18.4 Å². The number of likely N-dealkylation sites (tertiary alicyclic amines) is 1. The molecular weight excluding hydrogens is 475 g/mol. The van der Waals surface area contributed by atoms with Gasteiger partial charge in [0.25, 0.3) is 5.56 Å². The lowest BCUT2D eigenvalue weighted by Gasteiger charge is -2.34. The van der Waals surface area contributed by atoms with Crippen molar-refractivity contribution < 1.29 is 14.3 Å². The molecule has 1 unspecified atom stereocenters. The monoisotopic (exact) mass is 498 g/mol. The molecule has 11 heteroatoms. The molecule has 1 fully saturated rings. The van der Waals surface area contributed by atoms with Gasteiger partial charge in [0.05, 0.1) is 28.3 Å². The van der Waals surface area contributed by atoms with Crippen molar-refractivity contribution in [3.8, 4) is 0 Å². The Balaban J connectivity index is 1.63. The van der Waals surface area contributed by atoms with Crippen molar-refractivity contribution in [2.24, 2.45) is 7.05 Å². The van der Waals surface area contributed by atoms with E-state index in [9.17, 15) is 19.1 Å². The average molecular weight is 499 g/mol. The Morgan fingerprint density at radius 2 is 2.09 bits per heavy atom. The summed E-state index contributed by atoms with van der Waals surface area (Å²) >= 11 is 6.14. The van der Waals surface area contributed by atoms with Crippen LogP contribution >= 0.6 is 11.6 Å². The van der Waals surface area contributed by atoms with Crippen molar-refractivity contribution in [3.05, 3.63) is 68.6 Å². The van der Waals surface area contributed by atoms with Crippen LogP contribution in [0.4, 0.5) is 10.1 Å². The molecule has 0 saturated carbocycles. The van der Waals surface area contributed by atoms with Gasteiger partial charge in [-0.3, -0.25) is 18.7 Å². The number of hydrogen-bond acceptors (Lipinski definition) is 6. The van der Waals surface area contributed by atoms with Crippen molar-refractivity contribution in [1.29, 1.82) is 0 Å². The molecule has 0 amide bonds. The van der Waals surface area contributed by atoms with Crippen LogP contribution in [0.1, 0.15) is 40.3 Å². The van der Waals surface area contributed by atoms with Crippen LogP contribution in [0.5, 0.6) is 0 Å². The number of nitrogens with zero attached hydrogens (tertiary/aromatic N) is 5. The molecule has 4 aromatic rings. The molecule has 3 aromatic heterocycles. The summed E-state index contributed by atoms with van der Waals surface area (Å²) < 4.78 is 16.3. The van der Waals surface area contributed by atoms with Gasteiger partial charge < -0.3 is 10.4 Å². The van der Waals surface area contributed by atoms with Gasteiger partial charge in [-0.2, -0.15) is 0 Å². The van der Waals surface area contributed by atoms with Gasteiger partial charge in [0.2, 0.25) is 0 Å². The summed E-state index contributed by atoms with van der Waals surface area (Å²) in [6.45, 7) is 5.03. The summed E-state index contributed by atoms with van der Waals surface area (Å²) in [7, 11) is 1.54. The van der Waals surface area contributed by atoms with E-state index < -0.39 is 12.1 Å². The molecule has 0 radical (unpaired) electrons. The molecule has 1 atom stereocenters. The zero-order valence-corrected chi connectivity index (χ0v) is 20.2. The van der Waals surface area contributed by atoms with Gasteiger partial charge in [0.1, 0.15) is 17.7 Å². The van der Waals surface area contributed by atoms with Crippen LogP contribution in [0.15, 0.2) is 35.4 Å². The van der Waals surface area contributed by atoms with Gasteiger partial charge in [-0.1, -0.05) is 17.7 Å². The van der Waals surface area contributed by atoms with Crippen molar-refractivity contribution in [1.82, 2.24) is 23.8 Å². The van der Waals surface area contributed by atoms with Crippen LogP contribution in [0.25, 0.3) is 16.6 Å². The number of alkyl halides is 1. The van der Waals surface area contributed by atoms with Crippen LogP contribution < -0.4 is 10.9 Å². The van der Waals surface area contributed by atoms with E-state index in [1.54, 1.807) is 23.6 Å². The highest BCUT2D eigenvalue weighted by Gasteiger charge is 2.28. The third-order valence-electron chi connectivity index (χ3n) is 6.39. The molecule has 2 N–H and O–H groups in total. The molecule has 1 aliphatic heterocycles. The second-order valence-corrected chi connectivity index (χ2v) is 9.38. The first-order valence-corrected chi connectivity index (χ1v) is 11.5. The lowest BCUT2D eigenvalue weighted by atomic mass is 10.0. The molecule has 1 aromatic carbocycles. The lowest BCUT2D eigenvalue weighted by molar-refractivity contribution is 0.0582. The van der Waals surface area contributed by atoms with Crippen LogP contribution in [-0.2, 0) is 13.6 Å². The van der Waals surface area contributed by atoms with Crippen LogP contribution in [0.2, 0.25) is 5.15 Å². The minimum Gasteiger partial charge on any atom is -0.476 e. The molecular formula is C24H24ClFN6O3. The molecule has 0 aliphatic carbocycles. The van der Waals surface area contributed by atoms with E-state index in [0.717, 1.165) is 16.8 Å². The first kappa shape index (κ1) is 23.3. The number of rotatable bonds is 6. The molecule has 182 valence electrons. The van der Waals surface area contributed by atoms with Crippen LogP contribution in [0.3, 0.4) is 0 Å². The number of halogens is 2. The number of imidazole rings is 1. The van der Waals surface area contributed by atoms with Gasteiger partial charge in [-0.25, -0.2) is 19.2 Å². The minimum atomic E-state index is -1.21. The number of aromatic carboxylic acids is 1. The van der Waals surface area contributed by atoms with Gasteiger partial charge in [-0.05, 0) is 43.2 Å². The van der Waals surface area contributed by atoms with E-state index >= 15 is 0 Å². The number of nitrogens with one attached hydrogen (secondary N) is 1. The summed E-state index contributed by atoms with van der Waals surface area (Å²) in [6, 6.07) is 6.98. The molecule has 0 bridgehead atoms. The number of pyridine rings is 1. The topological polar surface area (TPSA) is 105 Å². The average Bonchev–Trinajstić information content (AvgIpc) is 3.23. The van der Waals surface area contributed by atoms with E-state index in [1.807, 2.05) is 30.9 Å². The van der Waals surface area contributed by atoms with Gasteiger partial charge >= 0.3 is 5.97 Å². The summed E-state index contributed by atoms with van der Waals surface area (Å²) in [5, 5.41) is 13.9. The van der Waals surface area contributed by atoms with E-state index in [2.05, 4.69) is 15.3 Å². The summed E-state index contributed by atoms with van der Waals surface area (Å²) in [5.41, 5.74) is 3.43. The zero-order chi connectivity index (χ0) is 25.0. The summed E-state index contributed by atoms with van der Waals surface area (Å²) in [6.07, 6.45) is 0.609. The van der Waals surface area contributed by atoms with Crippen molar-refractivity contribution >= 4 is 39.8 Å². The smallest absolute Gasteiger partial charge is 0.358 e. The predicted octanol–water partition coefficient (Wildman–Crippen LogP) is 3.57. The number of hydrogen-bond donors (Lipinski definition) is 2. The molecule has 35 heavy (non-hydrogen) atoms. The Morgan fingerprint density at radius 3 is 2.77 bits per heavy atom. The molecule has 5 rings (SSSR count). The lowest BCUT2D eigenvalue weighted by Crippen LogP contribution is -2.47. The third kappa shape index (κ3) is 4.02. The largest absolute Gasteiger partial charge is 0.476 e. The highest BCUT2D eigenvalue weighted by molar-refractivity contribution is 6.29. The number of carbonyl (C=O) groups is 1. The Kier molecular flexibility index (Phi) is 5.72. The Hall–Kier alpha value is -3.50. The highest BCUT2D eigenvalue weighted by Crippen LogP contribution is 2.30. The summed E-state index contributed by atoms with van der Waals surface area (Å²) in [5.74, 6) is -1.21. The van der Waals surface area contributed by atoms with E-state index in [-0.39, 0.29) is 22.9 Å². The fourth-order valence-corrected chi connectivity index (χ4v) is 4.87. The van der Waals surface area contributed by atoms with Crippen molar-refractivity contribution in [3.63, 3.8) is 0 Å². The second kappa shape index (κ2) is 8.62. The fraction of sp³-hybridized carbons (Fsp3) is 0.333. The summed E-state index contributed by atoms with van der Waals surface area (Å²) in [4.78, 5) is 35.4.